The molecule has 0 aliphatic carbocycles. The third kappa shape index (κ3) is 3.08. The molecule has 1 atom stereocenters. The van der Waals surface area contributed by atoms with E-state index in [1.54, 1.807) is 0 Å². The van der Waals surface area contributed by atoms with Gasteiger partial charge in [-0.1, -0.05) is 20.8 Å². The predicted molar refractivity (Wildman–Crippen MR) is 59.1 cm³/mol. The Bertz CT molecular complexity index is 165. The summed E-state index contributed by atoms with van der Waals surface area (Å²) in [7, 11) is -0.908. The molecule has 1 fully saturated rings. The molecular formula is C10H23NOSi. The molecule has 0 radical (unpaired) electrons. The summed E-state index contributed by atoms with van der Waals surface area (Å²) >= 11 is 0. The van der Waals surface area contributed by atoms with Crippen LogP contribution in [0.3, 0.4) is 0 Å². The van der Waals surface area contributed by atoms with Crippen molar-refractivity contribution in [2.24, 2.45) is 5.41 Å². The van der Waals surface area contributed by atoms with Crippen LogP contribution in [-0.4, -0.2) is 26.7 Å². The Labute approximate surface area is 83.9 Å². The Morgan fingerprint density at radius 3 is 2.38 bits per heavy atom. The van der Waals surface area contributed by atoms with Crippen molar-refractivity contribution in [2.75, 3.05) is 6.54 Å². The second-order valence-electron chi connectivity index (χ2n) is 5.32. The predicted octanol–water partition coefficient (Wildman–Crippen LogP) is 2.41. The number of rotatable bonds is 2. The molecular weight excluding hydrogens is 178 g/mol. The number of hydrogen-bond acceptors (Lipinski definition) is 2. The molecule has 1 rings (SSSR count). The Morgan fingerprint density at radius 2 is 1.92 bits per heavy atom. The molecule has 13 heavy (non-hydrogen) atoms. The van der Waals surface area contributed by atoms with Crippen LogP contribution < -0.4 is 0 Å². The summed E-state index contributed by atoms with van der Waals surface area (Å²) in [5.74, 6) is 0. The zero-order chi connectivity index (χ0) is 10.1. The largest absolute Gasteiger partial charge is 0.347 e. The molecule has 0 bridgehead atoms. The van der Waals surface area contributed by atoms with Crippen LogP contribution in [0.15, 0.2) is 0 Å². The van der Waals surface area contributed by atoms with Gasteiger partial charge in [-0.05, 0) is 31.4 Å². The second kappa shape index (κ2) is 4.11. The Kier molecular flexibility index (Phi) is 3.55. The van der Waals surface area contributed by atoms with Crippen LogP contribution in [0.4, 0.5) is 0 Å². The quantitative estimate of drug-likeness (QED) is 0.636. The summed E-state index contributed by atoms with van der Waals surface area (Å²) in [6.45, 7) is 12.5. The van der Waals surface area contributed by atoms with E-state index in [2.05, 4.69) is 38.9 Å². The van der Waals surface area contributed by atoms with Crippen molar-refractivity contribution >= 4 is 9.04 Å². The maximum Gasteiger partial charge on any atom is 0.199 e. The summed E-state index contributed by atoms with van der Waals surface area (Å²) in [5.41, 5.74) is 0.361. The van der Waals surface area contributed by atoms with Gasteiger partial charge in [-0.2, -0.15) is 5.06 Å². The Morgan fingerprint density at radius 1 is 1.31 bits per heavy atom. The first kappa shape index (κ1) is 11.2. The zero-order valence-corrected chi connectivity index (χ0v) is 10.8. The molecule has 1 unspecified atom stereocenters. The highest BCUT2D eigenvalue weighted by Crippen LogP contribution is 2.32. The molecule has 2 nitrogen and oxygen atoms in total. The average molecular weight is 201 g/mol. The van der Waals surface area contributed by atoms with Gasteiger partial charge in [0, 0.05) is 12.6 Å². The topological polar surface area (TPSA) is 12.5 Å². The standard InChI is InChI=1S/C10H23NOSi/c1-10(2,3)9-7-6-8-11(9)12-13(4)5/h9,13H,6-8H2,1-5H3. The van der Waals surface area contributed by atoms with Gasteiger partial charge in [0.1, 0.15) is 0 Å². The third-order valence-corrected chi connectivity index (χ3v) is 3.24. The minimum atomic E-state index is -0.908. The van der Waals surface area contributed by atoms with E-state index < -0.39 is 9.04 Å². The molecule has 0 N–H and O–H groups in total. The minimum absolute atomic E-state index is 0.361. The fourth-order valence-electron chi connectivity index (χ4n) is 2.00. The van der Waals surface area contributed by atoms with E-state index in [-0.39, 0.29) is 0 Å². The molecule has 0 aromatic heterocycles. The molecule has 0 saturated carbocycles. The van der Waals surface area contributed by atoms with Gasteiger partial charge < -0.3 is 4.53 Å². The van der Waals surface area contributed by atoms with Crippen LogP contribution in [0.2, 0.25) is 13.1 Å². The van der Waals surface area contributed by atoms with Crippen molar-refractivity contribution < 1.29 is 4.53 Å². The molecule has 78 valence electrons. The highest BCUT2D eigenvalue weighted by atomic mass is 28.3. The van der Waals surface area contributed by atoms with Crippen molar-refractivity contribution in [3.8, 4) is 0 Å². The summed E-state index contributed by atoms with van der Waals surface area (Å²) in [6, 6.07) is 0.627. The highest BCUT2D eigenvalue weighted by molar-refractivity contribution is 6.48. The molecule has 0 aromatic rings. The molecule has 0 amide bonds. The van der Waals surface area contributed by atoms with Crippen molar-refractivity contribution in [3.63, 3.8) is 0 Å². The first-order valence-corrected chi connectivity index (χ1v) is 8.13. The summed E-state index contributed by atoms with van der Waals surface area (Å²) < 4.78 is 5.92. The van der Waals surface area contributed by atoms with Crippen LogP contribution >= 0.6 is 0 Å². The number of hydroxylamine groups is 2. The smallest absolute Gasteiger partial charge is 0.199 e. The van der Waals surface area contributed by atoms with E-state index in [0.717, 1.165) is 6.54 Å². The van der Waals surface area contributed by atoms with Crippen molar-refractivity contribution in [1.29, 1.82) is 0 Å². The maximum absolute atomic E-state index is 5.92. The lowest BCUT2D eigenvalue weighted by atomic mass is 9.86. The van der Waals surface area contributed by atoms with Gasteiger partial charge in [-0.15, -0.1) is 0 Å². The maximum atomic E-state index is 5.92. The zero-order valence-electron chi connectivity index (χ0n) is 9.63. The van der Waals surface area contributed by atoms with E-state index in [4.69, 9.17) is 4.53 Å². The number of nitrogens with zero attached hydrogens (tertiary/aromatic N) is 1. The van der Waals surface area contributed by atoms with Crippen molar-refractivity contribution in [1.82, 2.24) is 5.06 Å². The van der Waals surface area contributed by atoms with E-state index >= 15 is 0 Å². The average Bonchev–Trinajstić information content (AvgIpc) is 2.31. The molecule has 1 aliphatic heterocycles. The lowest BCUT2D eigenvalue weighted by Crippen LogP contribution is -2.41. The molecule has 3 heteroatoms. The van der Waals surface area contributed by atoms with Gasteiger partial charge in [0.05, 0.1) is 0 Å². The van der Waals surface area contributed by atoms with Gasteiger partial charge in [-0.25, -0.2) is 0 Å². The molecule has 0 aromatic carbocycles. The third-order valence-electron chi connectivity index (χ3n) is 2.55. The van der Waals surface area contributed by atoms with Gasteiger partial charge in [0.15, 0.2) is 9.04 Å². The van der Waals surface area contributed by atoms with E-state index in [0.29, 0.717) is 11.5 Å². The normalized spacial score (nSPS) is 25.8. The first-order valence-electron chi connectivity index (χ1n) is 5.34. The van der Waals surface area contributed by atoms with Gasteiger partial charge in [-0.3, -0.25) is 0 Å². The number of hydrogen-bond donors (Lipinski definition) is 0. The lowest BCUT2D eigenvalue weighted by molar-refractivity contribution is -0.103. The van der Waals surface area contributed by atoms with Crippen molar-refractivity contribution in [3.05, 3.63) is 0 Å². The van der Waals surface area contributed by atoms with Crippen LogP contribution in [0.1, 0.15) is 33.6 Å². The minimum Gasteiger partial charge on any atom is -0.347 e. The van der Waals surface area contributed by atoms with Crippen LogP contribution in [-0.2, 0) is 4.53 Å². The fraction of sp³-hybridized carbons (Fsp3) is 1.00. The van der Waals surface area contributed by atoms with Crippen LogP contribution in [0.5, 0.6) is 0 Å². The Hall–Kier alpha value is 0.137. The SMILES string of the molecule is C[SiH](C)ON1CCCC1C(C)(C)C. The van der Waals surface area contributed by atoms with E-state index in [9.17, 15) is 0 Å². The molecule has 1 aliphatic rings. The van der Waals surface area contributed by atoms with Gasteiger partial charge in [0.25, 0.3) is 0 Å². The monoisotopic (exact) mass is 201 g/mol. The Balaban J connectivity index is 2.54. The van der Waals surface area contributed by atoms with Gasteiger partial charge in [0.2, 0.25) is 0 Å². The lowest BCUT2D eigenvalue weighted by Gasteiger charge is -2.35. The van der Waals surface area contributed by atoms with Gasteiger partial charge >= 0.3 is 0 Å². The first-order chi connectivity index (χ1) is 5.91. The van der Waals surface area contributed by atoms with Crippen LogP contribution in [0.25, 0.3) is 0 Å². The van der Waals surface area contributed by atoms with Crippen LogP contribution in [0, 0.1) is 5.41 Å². The fourth-order valence-corrected chi connectivity index (χ4v) is 2.80. The molecule has 0 spiro atoms. The summed E-state index contributed by atoms with van der Waals surface area (Å²) in [4.78, 5) is 0. The second-order valence-corrected chi connectivity index (χ2v) is 7.63. The molecule has 1 heterocycles. The highest BCUT2D eigenvalue weighted by Gasteiger charge is 2.35. The van der Waals surface area contributed by atoms with Crippen molar-refractivity contribution in [2.45, 2.75) is 52.7 Å². The summed E-state index contributed by atoms with van der Waals surface area (Å²) in [5, 5.41) is 2.25. The van der Waals surface area contributed by atoms with E-state index in [1.165, 1.54) is 12.8 Å². The summed E-state index contributed by atoms with van der Waals surface area (Å²) in [6.07, 6.45) is 2.59. The molecule has 1 saturated heterocycles. The van der Waals surface area contributed by atoms with E-state index in [1.807, 2.05) is 0 Å².